The van der Waals surface area contributed by atoms with E-state index in [-0.39, 0.29) is 12.0 Å². The average Bonchev–Trinajstić information content (AvgIpc) is 2.28. The minimum Gasteiger partial charge on any atom is -0.441 e. The molecule has 0 aromatic heterocycles. The Morgan fingerprint density at radius 3 is 2.52 bits per heavy atom. The number of nitrogens with one attached hydrogen (secondary N) is 1. The van der Waals surface area contributed by atoms with Gasteiger partial charge in [-0.05, 0) is 39.0 Å². The highest BCUT2D eigenvalue weighted by Crippen LogP contribution is 2.26. The summed E-state index contributed by atoms with van der Waals surface area (Å²) in [5, 5.41) is 2.56. The Labute approximate surface area is 122 Å². The summed E-state index contributed by atoms with van der Waals surface area (Å²) in [4.78, 5) is 22.9. The first-order valence-electron chi connectivity index (χ1n) is 6.40. The van der Waals surface area contributed by atoms with Crippen LogP contribution in [0.15, 0.2) is 18.2 Å². The van der Waals surface area contributed by atoms with E-state index < -0.39 is 29.5 Å². The molecule has 116 valence electrons. The zero-order valence-electron chi connectivity index (χ0n) is 12.3. The van der Waals surface area contributed by atoms with Crippen molar-refractivity contribution in [1.29, 1.82) is 0 Å². The van der Waals surface area contributed by atoms with E-state index in [0.717, 1.165) is 6.07 Å². The van der Waals surface area contributed by atoms with E-state index in [2.05, 4.69) is 5.32 Å². The lowest BCUT2D eigenvalue weighted by molar-refractivity contribution is -0.120. The summed E-state index contributed by atoms with van der Waals surface area (Å²) >= 11 is 0. The number of benzene rings is 1. The van der Waals surface area contributed by atoms with E-state index in [1.165, 1.54) is 12.1 Å². The number of nitrogens with two attached hydrogens (primary N) is 2. The van der Waals surface area contributed by atoms with Crippen LogP contribution < -0.4 is 16.8 Å². The molecule has 1 rings (SSSR count). The fourth-order valence-electron chi connectivity index (χ4n) is 1.67. The minimum absolute atomic E-state index is 0.0119. The fraction of sp³-hybridized carbons (Fsp3) is 0.429. The van der Waals surface area contributed by atoms with Crippen molar-refractivity contribution in [3.05, 3.63) is 29.6 Å². The van der Waals surface area contributed by atoms with Gasteiger partial charge < -0.3 is 21.5 Å². The molecule has 1 unspecified atom stereocenters. The fourth-order valence-corrected chi connectivity index (χ4v) is 1.67. The second kappa shape index (κ2) is 6.43. The van der Waals surface area contributed by atoms with Gasteiger partial charge in [-0.1, -0.05) is 0 Å². The van der Waals surface area contributed by atoms with Gasteiger partial charge in [0.1, 0.15) is 11.9 Å². The molecule has 0 aliphatic carbocycles. The molecule has 7 heteroatoms. The van der Waals surface area contributed by atoms with Crippen LogP contribution in [0, 0.1) is 5.82 Å². The SMILES string of the molecule is CC(C)(C)NC(=O)OC(CC(N)=O)c1cc(N)ccc1F. The first-order valence-corrected chi connectivity index (χ1v) is 6.40. The highest BCUT2D eigenvalue weighted by molar-refractivity contribution is 5.75. The number of carbonyl (C=O) groups is 2. The van der Waals surface area contributed by atoms with Crippen LogP contribution in [0.2, 0.25) is 0 Å². The zero-order chi connectivity index (χ0) is 16.2. The van der Waals surface area contributed by atoms with Crippen LogP contribution in [-0.2, 0) is 9.53 Å². The molecule has 0 heterocycles. The molecule has 0 radical (unpaired) electrons. The van der Waals surface area contributed by atoms with Crippen LogP contribution in [-0.4, -0.2) is 17.5 Å². The van der Waals surface area contributed by atoms with Crippen LogP contribution >= 0.6 is 0 Å². The second-order valence-electron chi connectivity index (χ2n) is 5.72. The molecule has 0 saturated heterocycles. The molecule has 2 amide bonds. The molecule has 0 aliphatic rings. The zero-order valence-corrected chi connectivity index (χ0v) is 12.3. The first kappa shape index (κ1) is 16.7. The minimum atomic E-state index is -1.13. The summed E-state index contributed by atoms with van der Waals surface area (Å²) in [5.74, 6) is -1.34. The van der Waals surface area contributed by atoms with Gasteiger partial charge in [0, 0.05) is 16.8 Å². The van der Waals surface area contributed by atoms with Crippen LogP contribution in [0.3, 0.4) is 0 Å². The normalized spacial score (nSPS) is 12.6. The van der Waals surface area contributed by atoms with Gasteiger partial charge in [0.2, 0.25) is 5.91 Å². The van der Waals surface area contributed by atoms with Crippen LogP contribution in [0.4, 0.5) is 14.9 Å². The molecule has 0 aliphatic heterocycles. The molecule has 1 aromatic rings. The van der Waals surface area contributed by atoms with E-state index in [4.69, 9.17) is 16.2 Å². The third-order valence-corrected chi connectivity index (χ3v) is 2.48. The van der Waals surface area contributed by atoms with Crippen LogP contribution in [0.1, 0.15) is 38.9 Å². The monoisotopic (exact) mass is 297 g/mol. The molecule has 0 bridgehead atoms. The Bertz CT molecular complexity index is 541. The summed E-state index contributed by atoms with van der Waals surface area (Å²) in [7, 11) is 0. The Morgan fingerprint density at radius 2 is 2.00 bits per heavy atom. The molecule has 5 N–H and O–H groups in total. The van der Waals surface area contributed by atoms with Crippen molar-refractivity contribution in [3.63, 3.8) is 0 Å². The van der Waals surface area contributed by atoms with Crippen molar-refractivity contribution in [1.82, 2.24) is 5.32 Å². The maximum atomic E-state index is 13.8. The summed E-state index contributed by atoms with van der Waals surface area (Å²) in [5.41, 5.74) is 10.5. The second-order valence-corrected chi connectivity index (χ2v) is 5.72. The molecule has 1 aromatic carbocycles. The Hall–Kier alpha value is -2.31. The molecule has 0 spiro atoms. The number of hydrogen-bond acceptors (Lipinski definition) is 4. The number of carbonyl (C=O) groups excluding carboxylic acids is 2. The smallest absolute Gasteiger partial charge is 0.408 e. The Morgan fingerprint density at radius 1 is 1.38 bits per heavy atom. The maximum Gasteiger partial charge on any atom is 0.408 e. The topological polar surface area (TPSA) is 107 Å². The molecular weight excluding hydrogens is 277 g/mol. The van der Waals surface area contributed by atoms with Gasteiger partial charge in [0.05, 0.1) is 6.42 Å². The molecular formula is C14H20FN3O3. The van der Waals surface area contributed by atoms with Gasteiger partial charge in [-0.3, -0.25) is 4.79 Å². The van der Waals surface area contributed by atoms with Crippen molar-refractivity contribution in [2.24, 2.45) is 5.73 Å². The van der Waals surface area contributed by atoms with Crippen LogP contribution in [0.25, 0.3) is 0 Å². The number of rotatable bonds is 4. The van der Waals surface area contributed by atoms with Gasteiger partial charge >= 0.3 is 6.09 Å². The third-order valence-electron chi connectivity index (χ3n) is 2.48. The van der Waals surface area contributed by atoms with Crippen molar-refractivity contribution in [2.75, 3.05) is 5.73 Å². The van der Waals surface area contributed by atoms with Crippen LogP contribution in [0.5, 0.6) is 0 Å². The highest BCUT2D eigenvalue weighted by Gasteiger charge is 2.24. The molecule has 1 atom stereocenters. The number of ether oxygens (including phenoxy) is 1. The largest absolute Gasteiger partial charge is 0.441 e. The van der Waals surface area contributed by atoms with Crippen molar-refractivity contribution in [2.45, 2.75) is 38.8 Å². The lowest BCUT2D eigenvalue weighted by atomic mass is 10.0. The number of nitrogen functional groups attached to an aromatic ring is 1. The molecule has 21 heavy (non-hydrogen) atoms. The van der Waals surface area contributed by atoms with Gasteiger partial charge in [0.25, 0.3) is 0 Å². The number of hydrogen-bond donors (Lipinski definition) is 3. The van der Waals surface area contributed by atoms with Gasteiger partial charge in [-0.2, -0.15) is 0 Å². The summed E-state index contributed by atoms with van der Waals surface area (Å²) in [6.07, 6.45) is -2.23. The molecule has 0 fully saturated rings. The predicted molar refractivity (Wildman–Crippen MR) is 76.7 cm³/mol. The lowest BCUT2D eigenvalue weighted by Crippen LogP contribution is -2.41. The van der Waals surface area contributed by atoms with E-state index >= 15 is 0 Å². The number of primary amides is 1. The summed E-state index contributed by atoms with van der Waals surface area (Å²) in [6.45, 7) is 5.29. The maximum absolute atomic E-state index is 13.8. The Kier molecular flexibility index (Phi) is 5.12. The molecule has 0 saturated carbocycles. The number of amides is 2. The van der Waals surface area contributed by atoms with E-state index in [0.29, 0.717) is 5.69 Å². The summed E-state index contributed by atoms with van der Waals surface area (Å²) in [6, 6.07) is 3.83. The number of alkyl carbamates (subject to hydrolysis) is 1. The Balaban J connectivity index is 2.98. The van der Waals surface area contributed by atoms with Crippen molar-refractivity contribution >= 4 is 17.7 Å². The standard InChI is InChI=1S/C14H20FN3O3/c1-14(2,3)18-13(20)21-11(7-12(17)19)9-6-8(16)4-5-10(9)15/h4-6,11H,7,16H2,1-3H3,(H2,17,19)(H,18,20). The van der Waals surface area contributed by atoms with E-state index in [1.54, 1.807) is 20.8 Å². The lowest BCUT2D eigenvalue weighted by Gasteiger charge is -2.23. The van der Waals surface area contributed by atoms with E-state index in [9.17, 15) is 14.0 Å². The quantitative estimate of drug-likeness (QED) is 0.737. The van der Waals surface area contributed by atoms with Gasteiger partial charge in [0.15, 0.2) is 0 Å². The van der Waals surface area contributed by atoms with E-state index in [1.807, 2.05) is 0 Å². The third kappa shape index (κ3) is 5.68. The molecule has 6 nitrogen and oxygen atoms in total. The average molecular weight is 297 g/mol. The summed E-state index contributed by atoms with van der Waals surface area (Å²) < 4.78 is 19.0. The van der Waals surface area contributed by atoms with Gasteiger partial charge in [-0.15, -0.1) is 0 Å². The number of anilines is 1. The van der Waals surface area contributed by atoms with Gasteiger partial charge in [-0.25, -0.2) is 9.18 Å². The van der Waals surface area contributed by atoms with Crippen molar-refractivity contribution < 1.29 is 18.7 Å². The number of halogens is 1. The van der Waals surface area contributed by atoms with Crippen molar-refractivity contribution in [3.8, 4) is 0 Å². The highest BCUT2D eigenvalue weighted by atomic mass is 19.1. The predicted octanol–water partition coefficient (Wildman–Crippen LogP) is 1.85. The first-order chi connectivity index (χ1) is 9.58.